The summed E-state index contributed by atoms with van der Waals surface area (Å²) in [6.45, 7) is -0.317. The first-order chi connectivity index (χ1) is 11.9. The van der Waals surface area contributed by atoms with E-state index in [9.17, 15) is 18.4 Å². The van der Waals surface area contributed by atoms with Gasteiger partial charge in [0.25, 0.3) is 11.8 Å². The summed E-state index contributed by atoms with van der Waals surface area (Å²) in [6, 6.07) is 10.6. The average Bonchev–Trinajstić information content (AvgIpc) is 2.91. The normalized spacial score (nSPS) is 25.4. The van der Waals surface area contributed by atoms with Gasteiger partial charge in [0.05, 0.1) is 17.5 Å². The molecular formula is C18H17F2N3O2. The number of aromatic nitrogens is 1. The Hall–Kier alpha value is -2.57. The minimum Gasteiger partial charge on any atom is -0.356 e. The number of amides is 2. The second-order valence-electron chi connectivity index (χ2n) is 6.87. The van der Waals surface area contributed by atoms with E-state index < -0.39 is 36.1 Å². The zero-order valence-corrected chi connectivity index (χ0v) is 13.5. The number of rotatable bonds is 1. The first kappa shape index (κ1) is 15.9. The topological polar surface area (TPSA) is 62.3 Å². The Morgan fingerprint density at radius 3 is 2.72 bits per heavy atom. The Morgan fingerprint density at radius 1 is 1.16 bits per heavy atom. The zero-order valence-electron chi connectivity index (χ0n) is 13.5. The van der Waals surface area contributed by atoms with Gasteiger partial charge in [0.2, 0.25) is 5.91 Å². The number of carbonyl (C=O) groups is 2. The van der Waals surface area contributed by atoms with Crippen LogP contribution in [-0.4, -0.2) is 47.3 Å². The summed E-state index contributed by atoms with van der Waals surface area (Å²) in [6.07, 6.45) is -0.197. The molecule has 0 unspecified atom stereocenters. The van der Waals surface area contributed by atoms with E-state index in [-0.39, 0.29) is 12.2 Å². The molecule has 25 heavy (non-hydrogen) atoms. The molecule has 1 atom stereocenters. The van der Waals surface area contributed by atoms with Crippen LogP contribution in [0.5, 0.6) is 0 Å². The maximum absolute atomic E-state index is 14.3. The summed E-state index contributed by atoms with van der Waals surface area (Å²) in [5.74, 6) is -4.05. The van der Waals surface area contributed by atoms with Gasteiger partial charge in [-0.2, -0.15) is 0 Å². The number of hydrogen-bond donors (Lipinski definition) is 1. The maximum Gasteiger partial charge on any atom is 0.272 e. The lowest BCUT2D eigenvalue weighted by Crippen LogP contribution is -2.57. The highest BCUT2D eigenvalue weighted by Gasteiger charge is 2.55. The van der Waals surface area contributed by atoms with Crippen LogP contribution in [0.4, 0.5) is 8.78 Å². The van der Waals surface area contributed by atoms with E-state index in [1.54, 1.807) is 24.3 Å². The Morgan fingerprint density at radius 2 is 1.96 bits per heavy atom. The van der Waals surface area contributed by atoms with Crippen molar-refractivity contribution < 1.29 is 18.4 Å². The molecule has 7 heteroatoms. The molecule has 2 fully saturated rings. The number of hydrogen-bond acceptors (Lipinski definition) is 3. The number of nitrogens with zero attached hydrogens (tertiary/aromatic N) is 2. The van der Waals surface area contributed by atoms with Crippen molar-refractivity contribution in [2.45, 2.75) is 18.8 Å². The molecule has 0 saturated carbocycles. The van der Waals surface area contributed by atoms with Gasteiger partial charge < -0.3 is 10.2 Å². The lowest BCUT2D eigenvalue weighted by molar-refractivity contribution is -0.144. The molecule has 0 aliphatic carbocycles. The highest BCUT2D eigenvalue weighted by atomic mass is 19.3. The molecule has 1 spiro atoms. The van der Waals surface area contributed by atoms with Crippen LogP contribution in [0.1, 0.15) is 23.3 Å². The molecular weight excluding hydrogens is 328 g/mol. The molecule has 130 valence electrons. The number of nitrogens with one attached hydrogen (secondary N) is 1. The smallest absolute Gasteiger partial charge is 0.272 e. The van der Waals surface area contributed by atoms with E-state index in [0.29, 0.717) is 18.5 Å². The molecule has 2 aliphatic rings. The molecule has 2 aromatic rings. The van der Waals surface area contributed by atoms with E-state index in [0.717, 1.165) is 10.3 Å². The third kappa shape index (κ3) is 2.73. The third-order valence-electron chi connectivity index (χ3n) is 4.99. The number of piperidine rings is 1. The molecule has 1 N–H and O–H groups in total. The highest BCUT2D eigenvalue weighted by Crippen LogP contribution is 2.43. The summed E-state index contributed by atoms with van der Waals surface area (Å²) in [5, 5.41) is 3.49. The third-order valence-corrected chi connectivity index (χ3v) is 4.99. The van der Waals surface area contributed by atoms with Gasteiger partial charge in [-0.3, -0.25) is 9.59 Å². The fraction of sp³-hybridized carbons (Fsp3) is 0.389. The summed E-state index contributed by atoms with van der Waals surface area (Å²) in [7, 11) is 0. The number of benzene rings is 1. The molecule has 4 rings (SSSR count). The Kier molecular flexibility index (Phi) is 3.49. The lowest BCUT2D eigenvalue weighted by atomic mass is 9.77. The Bertz CT molecular complexity index is 870. The van der Waals surface area contributed by atoms with Gasteiger partial charge in [-0.1, -0.05) is 24.3 Å². The van der Waals surface area contributed by atoms with Gasteiger partial charge in [-0.05, 0) is 18.6 Å². The zero-order chi connectivity index (χ0) is 17.7. The van der Waals surface area contributed by atoms with Crippen molar-refractivity contribution in [3.05, 3.63) is 42.1 Å². The van der Waals surface area contributed by atoms with Crippen molar-refractivity contribution in [1.82, 2.24) is 15.2 Å². The van der Waals surface area contributed by atoms with Crippen molar-refractivity contribution in [3.63, 3.8) is 0 Å². The van der Waals surface area contributed by atoms with Crippen LogP contribution >= 0.6 is 0 Å². The second kappa shape index (κ2) is 5.47. The van der Waals surface area contributed by atoms with Gasteiger partial charge in [0.15, 0.2) is 0 Å². The summed E-state index contributed by atoms with van der Waals surface area (Å²) in [5.41, 5.74) is -0.454. The number of pyridine rings is 1. The van der Waals surface area contributed by atoms with Crippen LogP contribution in [0.3, 0.4) is 0 Å². The minimum absolute atomic E-state index is 0.00175. The molecule has 0 bridgehead atoms. The summed E-state index contributed by atoms with van der Waals surface area (Å²) >= 11 is 0. The van der Waals surface area contributed by atoms with Gasteiger partial charge in [0, 0.05) is 24.9 Å². The predicted octanol–water partition coefficient (Wildman–Crippen LogP) is 2.22. The van der Waals surface area contributed by atoms with Crippen molar-refractivity contribution in [2.24, 2.45) is 5.41 Å². The van der Waals surface area contributed by atoms with Gasteiger partial charge in [0.1, 0.15) is 5.69 Å². The molecule has 2 amide bonds. The molecule has 5 nitrogen and oxygen atoms in total. The van der Waals surface area contributed by atoms with Crippen LogP contribution in [0.15, 0.2) is 36.4 Å². The quantitative estimate of drug-likeness (QED) is 0.862. The molecule has 3 heterocycles. The molecule has 0 radical (unpaired) electrons. The van der Waals surface area contributed by atoms with Crippen molar-refractivity contribution >= 4 is 22.7 Å². The number of alkyl halides is 2. The Labute approximate surface area is 143 Å². The van der Waals surface area contributed by atoms with E-state index in [1.165, 1.54) is 0 Å². The van der Waals surface area contributed by atoms with Gasteiger partial charge in [-0.15, -0.1) is 0 Å². The molecule has 2 aliphatic heterocycles. The first-order valence-electron chi connectivity index (χ1n) is 8.20. The monoisotopic (exact) mass is 345 g/mol. The second-order valence-corrected chi connectivity index (χ2v) is 6.87. The van der Waals surface area contributed by atoms with Crippen LogP contribution in [0.25, 0.3) is 10.9 Å². The van der Waals surface area contributed by atoms with E-state index >= 15 is 0 Å². The first-order valence-corrected chi connectivity index (χ1v) is 8.20. The van der Waals surface area contributed by atoms with E-state index in [4.69, 9.17) is 0 Å². The van der Waals surface area contributed by atoms with Crippen LogP contribution in [0, 0.1) is 5.41 Å². The van der Waals surface area contributed by atoms with E-state index in [1.807, 2.05) is 12.1 Å². The maximum atomic E-state index is 14.3. The van der Waals surface area contributed by atoms with Gasteiger partial charge in [-0.25, -0.2) is 13.8 Å². The van der Waals surface area contributed by atoms with Crippen molar-refractivity contribution in [2.75, 3.05) is 19.6 Å². The highest BCUT2D eigenvalue weighted by molar-refractivity contribution is 5.96. The summed E-state index contributed by atoms with van der Waals surface area (Å²) in [4.78, 5) is 30.3. The minimum atomic E-state index is -3.09. The molecule has 1 aromatic heterocycles. The van der Waals surface area contributed by atoms with Crippen LogP contribution in [-0.2, 0) is 4.79 Å². The SMILES string of the molecule is O=C(c1ccc2ccccc2n1)N1CC(F)(F)C[C@]2(CCNC2=O)C1. The fourth-order valence-electron chi connectivity index (χ4n) is 3.83. The number of carbonyl (C=O) groups excluding carboxylic acids is 2. The predicted molar refractivity (Wildman–Crippen MR) is 87.3 cm³/mol. The number of halogens is 2. The van der Waals surface area contributed by atoms with Crippen LogP contribution < -0.4 is 5.32 Å². The number of likely N-dealkylation sites (tertiary alicyclic amines) is 1. The number of fused-ring (bicyclic) bond motifs is 1. The lowest BCUT2D eigenvalue weighted by Gasteiger charge is -2.42. The molecule has 1 aromatic carbocycles. The Balaban J connectivity index is 1.67. The van der Waals surface area contributed by atoms with Crippen LogP contribution in [0.2, 0.25) is 0 Å². The average molecular weight is 345 g/mol. The van der Waals surface area contributed by atoms with Crippen molar-refractivity contribution in [3.8, 4) is 0 Å². The molecule has 2 saturated heterocycles. The number of para-hydroxylation sites is 1. The van der Waals surface area contributed by atoms with E-state index in [2.05, 4.69) is 10.3 Å². The standard InChI is InChI=1S/C18H17F2N3O2/c19-18(20)9-17(7-8-21-16(17)25)10-23(11-18)15(24)14-6-5-12-3-1-2-4-13(12)22-14/h1-6H,7-11H2,(H,21,25)/t17-/m1/s1. The summed E-state index contributed by atoms with van der Waals surface area (Å²) < 4.78 is 28.5. The van der Waals surface area contributed by atoms with Crippen molar-refractivity contribution in [1.29, 1.82) is 0 Å². The van der Waals surface area contributed by atoms with Gasteiger partial charge >= 0.3 is 0 Å². The fourth-order valence-corrected chi connectivity index (χ4v) is 3.83. The largest absolute Gasteiger partial charge is 0.356 e.